The first-order valence-corrected chi connectivity index (χ1v) is 11.5. The number of nitrogens with zero attached hydrogens (tertiary/aromatic N) is 4. The highest BCUT2D eigenvalue weighted by molar-refractivity contribution is 6.00. The van der Waals surface area contributed by atoms with Gasteiger partial charge in [-0.1, -0.05) is 12.1 Å². The number of hydrogen-bond donors (Lipinski definition) is 4. The summed E-state index contributed by atoms with van der Waals surface area (Å²) in [5.41, 5.74) is 8.61. The van der Waals surface area contributed by atoms with Gasteiger partial charge < -0.3 is 21.7 Å². The summed E-state index contributed by atoms with van der Waals surface area (Å²) < 4.78 is 54.5. The minimum absolute atomic E-state index is 0.275. The van der Waals surface area contributed by atoms with E-state index in [9.17, 15) is 22.4 Å². The van der Waals surface area contributed by atoms with Gasteiger partial charge in [0.15, 0.2) is 5.82 Å². The lowest BCUT2D eigenvalue weighted by molar-refractivity contribution is -0.137. The topological polar surface area (TPSA) is 122 Å². The molecule has 2 aromatic carbocycles. The van der Waals surface area contributed by atoms with E-state index in [1.54, 1.807) is 41.2 Å². The number of fused-ring (bicyclic) bond motifs is 1. The zero-order valence-corrected chi connectivity index (χ0v) is 20.0. The molecular weight excluding hydrogens is 516 g/mol. The molecule has 0 atom stereocenters. The fourth-order valence-electron chi connectivity index (χ4n) is 4.01. The van der Waals surface area contributed by atoms with Crippen LogP contribution in [0.1, 0.15) is 11.1 Å². The molecule has 0 aliphatic heterocycles. The zero-order valence-electron chi connectivity index (χ0n) is 20.0. The van der Waals surface area contributed by atoms with Crippen LogP contribution in [0, 0.1) is 5.82 Å². The summed E-state index contributed by atoms with van der Waals surface area (Å²) in [5.74, 6) is -0.723. The lowest BCUT2D eigenvalue weighted by atomic mass is 10.0. The maximum absolute atomic E-state index is 14.0. The summed E-state index contributed by atoms with van der Waals surface area (Å²) in [4.78, 5) is 20.6. The Morgan fingerprint density at radius 2 is 1.82 bits per heavy atom. The third-order valence-corrected chi connectivity index (χ3v) is 5.80. The molecule has 3 aromatic heterocycles. The molecule has 5 rings (SSSR count). The number of hydrogen-bond acceptors (Lipinski definition) is 6. The van der Waals surface area contributed by atoms with Crippen molar-refractivity contribution in [1.82, 2.24) is 19.6 Å². The van der Waals surface area contributed by atoms with Crippen molar-refractivity contribution in [1.29, 1.82) is 0 Å². The van der Waals surface area contributed by atoms with Gasteiger partial charge in [-0.05, 0) is 53.6 Å². The first kappa shape index (κ1) is 25.4. The maximum Gasteiger partial charge on any atom is 0.416 e. The zero-order chi connectivity index (χ0) is 27.6. The second-order valence-corrected chi connectivity index (χ2v) is 8.41. The van der Waals surface area contributed by atoms with Crippen LogP contribution in [0.25, 0.3) is 16.6 Å². The van der Waals surface area contributed by atoms with Crippen molar-refractivity contribution < 1.29 is 22.4 Å². The number of rotatable bonds is 6. The molecule has 0 aliphatic rings. The monoisotopic (exact) mass is 536 g/mol. The smallest absolute Gasteiger partial charge is 0.382 e. The average Bonchev–Trinajstić information content (AvgIpc) is 3.29. The summed E-state index contributed by atoms with van der Waals surface area (Å²) in [6.07, 6.45) is 1.87. The summed E-state index contributed by atoms with van der Waals surface area (Å²) in [5, 5.41) is 12.1. The van der Waals surface area contributed by atoms with Gasteiger partial charge in [0.2, 0.25) is 0 Å². The van der Waals surface area contributed by atoms with Crippen molar-refractivity contribution in [2.45, 2.75) is 12.7 Å². The Morgan fingerprint density at radius 1 is 1.03 bits per heavy atom. The molecule has 0 spiro atoms. The Bertz CT molecular complexity index is 1640. The first-order valence-electron chi connectivity index (χ1n) is 11.5. The second kappa shape index (κ2) is 10.3. The van der Waals surface area contributed by atoms with Gasteiger partial charge in [-0.15, -0.1) is 0 Å². The third kappa shape index (κ3) is 5.56. The lowest BCUT2D eigenvalue weighted by Crippen LogP contribution is -2.20. The normalized spacial score (nSPS) is 11.4. The molecule has 198 valence electrons. The highest BCUT2D eigenvalue weighted by Gasteiger charge is 2.31. The number of urea groups is 1. The van der Waals surface area contributed by atoms with Crippen molar-refractivity contribution >= 4 is 34.4 Å². The highest BCUT2D eigenvalue weighted by Crippen LogP contribution is 2.34. The van der Waals surface area contributed by atoms with Crippen molar-refractivity contribution in [3.63, 3.8) is 0 Å². The Balaban J connectivity index is 1.37. The van der Waals surface area contributed by atoms with Crippen LogP contribution < -0.4 is 21.7 Å². The minimum atomic E-state index is -4.68. The summed E-state index contributed by atoms with van der Waals surface area (Å²) in [6.45, 7) is 0.425. The molecule has 2 amide bonds. The van der Waals surface area contributed by atoms with Crippen molar-refractivity contribution in [3.8, 4) is 11.1 Å². The fraction of sp³-hybridized carbons (Fsp3) is 0.0769. The van der Waals surface area contributed by atoms with Gasteiger partial charge in [0.05, 0.1) is 16.9 Å². The molecule has 39 heavy (non-hydrogen) atoms. The van der Waals surface area contributed by atoms with E-state index >= 15 is 0 Å². The fourth-order valence-corrected chi connectivity index (χ4v) is 4.01. The molecule has 9 nitrogen and oxygen atoms in total. The number of amides is 2. The number of anilines is 4. The number of halogens is 4. The van der Waals surface area contributed by atoms with Gasteiger partial charge in [0.25, 0.3) is 0 Å². The maximum atomic E-state index is 14.0. The van der Waals surface area contributed by atoms with Crippen molar-refractivity contribution in [2.75, 3.05) is 21.7 Å². The van der Waals surface area contributed by atoms with Gasteiger partial charge in [0, 0.05) is 36.4 Å². The van der Waals surface area contributed by atoms with E-state index in [0.29, 0.717) is 35.9 Å². The largest absolute Gasteiger partial charge is 0.416 e. The number of aromatic nitrogens is 4. The number of alkyl halides is 3. The van der Waals surface area contributed by atoms with Crippen molar-refractivity contribution in [3.05, 3.63) is 96.5 Å². The van der Waals surface area contributed by atoms with Gasteiger partial charge in [-0.3, -0.25) is 4.98 Å². The number of nitrogen functional groups attached to an aromatic ring is 1. The van der Waals surface area contributed by atoms with E-state index in [-0.39, 0.29) is 5.82 Å². The molecule has 0 unspecified atom stereocenters. The summed E-state index contributed by atoms with van der Waals surface area (Å²) in [6, 6.07) is 11.2. The van der Waals surface area contributed by atoms with Gasteiger partial charge >= 0.3 is 12.2 Å². The number of pyridine rings is 1. The highest BCUT2D eigenvalue weighted by atomic mass is 19.4. The second-order valence-electron chi connectivity index (χ2n) is 8.41. The molecule has 0 fully saturated rings. The van der Waals surface area contributed by atoms with Gasteiger partial charge in [0.1, 0.15) is 17.7 Å². The Labute approximate surface area is 218 Å². The number of benzene rings is 2. The number of nitrogens with two attached hydrogens (primary N) is 1. The Hall–Kier alpha value is -5.20. The predicted molar refractivity (Wildman–Crippen MR) is 138 cm³/mol. The van der Waals surface area contributed by atoms with Gasteiger partial charge in [-0.25, -0.2) is 18.7 Å². The number of nitrogens with one attached hydrogen (secondary N) is 3. The lowest BCUT2D eigenvalue weighted by Gasteiger charge is -2.12. The molecule has 0 saturated carbocycles. The standard InChI is InChI=1S/C26H20F4N8O/c27-20-8-5-17(26(28,29)30)10-21(20)37-25(39)36-18-6-3-15(4-7-18)22-16(11-33-19-2-1-9-32-12-19)13-38-23(22)24(31)34-14-35-38/h1-10,12-14,33H,11H2,(H2,31,34,35)(H2,36,37,39). The molecule has 0 radical (unpaired) electrons. The Kier molecular flexibility index (Phi) is 6.71. The molecule has 13 heteroatoms. The number of carbonyl (C=O) groups excluding carboxylic acids is 1. The van der Waals surface area contributed by atoms with Crippen LogP contribution in [0.3, 0.4) is 0 Å². The van der Waals surface area contributed by atoms with Crippen LogP contribution in [-0.4, -0.2) is 25.6 Å². The molecule has 0 saturated heterocycles. The van der Waals surface area contributed by atoms with Crippen LogP contribution >= 0.6 is 0 Å². The SMILES string of the molecule is Nc1ncnn2cc(CNc3cccnc3)c(-c3ccc(NC(=O)Nc4cc(C(F)(F)F)ccc4F)cc3)c12. The van der Waals surface area contributed by atoms with E-state index in [4.69, 9.17) is 5.73 Å². The van der Waals surface area contributed by atoms with E-state index in [1.165, 1.54) is 6.33 Å². The third-order valence-electron chi connectivity index (χ3n) is 5.80. The van der Waals surface area contributed by atoms with Crippen LogP contribution in [-0.2, 0) is 12.7 Å². The quantitative estimate of drug-likeness (QED) is 0.204. The average molecular weight is 536 g/mol. The van der Waals surface area contributed by atoms with Crippen LogP contribution in [0.2, 0.25) is 0 Å². The summed E-state index contributed by atoms with van der Waals surface area (Å²) in [7, 11) is 0. The number of carbonyl (C=O) groups is 1. The molecular formula is C26H20F4N8O. The predicted octanol–water partition coefficient (Wildman–Crippen LogP) is 5.79. The van der Waals surface area contributed by atoms with Crippen molar-refractivity contribution in [2.24, 2.45) is 0 Å². The minimum Gasteiger partial charge on any atom is -0.382 e. The Morgan fingerprint density at radius 3 is 2.54 bits per heavy atom. The molecule has 0 aliphatic carbocycles. The van der Waals surface area contributed by atoms with Crippen LogP contribution in [0.15, 0.2) is 79.5 Å². The van der Waals surface area contributed by atoms with E-state index in [1.807, 2.05) is 18.3 Å². The molecule has 3 heterocycles. The van der Waals surface area contributed by atoms with E-state index < -0.39 is 29.3 Å². The van der Waals surface area contributed by atoms with E-state index in [0.717, 1.165) is 22.4 Å². The molecule has 5 N–H and O–H groups in total. The first-order chi connectivity index (χ1) is 18.7. The molecule has 5 aromatic rings. The van der Waals surface area contributed by atoms with Crippen LogP contribution in [0.4, 0.5) is 45.2 Å². The van der Waals surface area contributed by atoms with Crippen LogP contribution in [0.5, 0.6) is 0 Å². The summed E-state index contributed by atoms with van der Waals surface area (Å²) >= 11 is 0. The van der Waals surface area contributed by atoms with E-state index in [2.05, 4.69) is 31.0 Å². The molecule has 0 bridgehead atoms. The van der Waals surface area contributed by atoms with Gasteiger partial charge in [-0.2, -0.15) is 18.3 Å².